The Kier molecular flexibility index (Phi) is 7.02. The summed E-state index contributed by atoms with van der Waals surface area (Å²) in [7, 11) is 0. The van der Waals surface area contributed by atoms with Crippen molar-refractivity contribution in [3.63, 3.8) is 0 Å². The molecule has 1 aromatic carbocycles. The molecule has 1 unspecified atom stereocenters. The summed E-state index contributed by atoms with van der Waals surface area (Å²) in [4.78, 5) is 43.5. The maximum Gasteiger partial charge on any atom is 0.270 e. The second kappa shape index (κ2) is 10.5. The predicted molar refractivity (Wildman–Crippen MR) is 136 cm³/mol. The summed E-state index contributed by atoms with van der Waals surface area (Å²) in [6, 6.07) is 11.5. The maximum absolute atomic E-state index is 13.0. The zero-order valence-corrected chi connectivity index (χ0v) is 20.7. The quantitative estimate of drug-likeness (QED) is 0.527. The first-order valence-electron chi connectivity index (χ1n) is 12.7. The molecule has 0 radical (unpaired) electrons. The van der Waals surface area contributed by atoms with E-state index in [2.05, 4.69) is 25.4 Å². The van der Waals surface area contributed by atoms with Gasteiger partial charge in [-0.15, -0.1) is 0 Å². The van der Waals surface area contributed by atoms with Crippen LogP contribution < -0.4 is 5.32 Å². The summed E-state index contributed by atoms with van der Waals surface area (Å²) < 4.78 is 0. The first-order valence-corrected chi connectivity index (χ1v) is 12.7. The average molecular weight is 486 g/mol. The maximum atomic E-state index is 13.0. The number of hydrogen-bond acceptors (Lipinski definition) is 7. The van der Waals surface area contributed by atoms with Crippen molar-refractivity contribution in [2.75, 3.05) is 0 Å². The molecule has 0 saturated heterocycles. The molecular weight excluding hydrogens is 454 g/mol. The highest BCUT2D eigenvalue weighted by Gasteiger charge is 2.34. The van der Waals surface area contributed by atoms with Crippen molar-refractivity contribution in [1.82, 2.24) is 20.3 Å². The van der Waals surface area contributed by atoms with Crippen molar-refractivity contribution in [3.05, 3.63) is 65.4 Å². The van der Waals surface area contributed by atoms with Gasteiger partial charge in [-0.1, -0.05) is 23.4 Å². The smallest absolute Gasteiger partial charge is 0.270 e. The summed E-state index contributed by atoms with van der Waals surface area (Å²) in [5.41, 5.74) is 3.59. The number of pyridine rings is 1. The van der Waals surface area contributed by atoms with Gasteiger partial charge in [0, 0.05) is 31.0 Å². The Morgan fingerprint density at radius 2 is 1.89 bits per heavy atom. The molecule has 1 saturated carbocycles. The third-order valence-corrected chi connectivity index (χ3v) is 7.23. The van der Waals surface area contributed by atoms with Gasteiger partial charge in [-0.05, 0) is 75.1 Å². The van der Waals surface area contributed by atoms with Crippen molar-refractivity contribution >= 4 is 28.3 Å². The molecule has 8 nitrogen and oxygen atoms in total. The highest BCUT2D eigenvalue weighted by Crippen LogP contribution is 2.36. The molecule has 1 aliphatic carbocycles. The van der Waals surface area contributed by atoms with Crippen molar-refractivity contribution in [3.8, 4) is 0 Å². The van der Waals surface area contributed by atoms with Gasteiger partial charge in [-0.3, -0.25) is 9.78 Å². The van der Waals surface area contributed by atoms with Crippen molar-refractivity contribution < 1.29 is 14.4 Å². The van der Waals surface area contributed by atoms with Crippen LogP contribution in [-0.4, -0.2) is 38.5 Å². The van der Waals surface area contributed by atoms with Gasteiger partial charge in [0.05, 0.1) is 11.2 Å². The molecule has 3 aromatic rings. The Morgan fingerprint density at radius 1 is 1.08 bits per heavy atom. The van der Waals surface area contributed by atoms with Crippen LogP contribution in [0.4, 0.5) is 0 Å². The first-order chi connectivity index (χ1) is 17.5. The number of carbonyl (C=O) groups excluding carboxylic acids is 2. The zero-order chi connectivity index (χ0) is 25.1. The fraction of sp³-hybridized carbons (Fsp3) is 0.429. The Hall–Kier alpha value is -3.68. The van der Waals surface area contributed by atoms with Crippen molar-refractivity contribution in [2.45, 2.75) is 65.0 Å². The molecule has 1 atom stereocenters. The third kappa shape index (κ3) is 5.42. The van der Waals surface area contributed by atoms with Crippen LogP contribution in [0.3, 0.4) is 0 Å². The molecule has 1 N–H and O–H groups in total. The Morgan fingerprint density at radius 3 is 2.69 bits per heavy atom. The molecule has 3 heterocycles. The van der Waals surface area contributed by atoms with E-state index in [1.54, 1.807) is 26.1 Å². The minimum Gasteiger partial charge on any atom is -0.391 e. The number of fused-ring (bicyclic) bond motifs is 1. The number of benzene rings is 1. The Balaban J connectivity index is 1.22. The number of nitrogens with zero attached hydrogens (tertiary/aromatic N) is 4. The molecule has 8 heteroatoms. The van der Waals surface area contributed by atoms with Gasteiger partial charge in [0.25, 0.3) is 5.91 Å². The lowest BCUT2D eigenvalue weighted by atomic mass is 9.77. The van der Waals surface area contributed by atoms with Gasteiger partial charge in [-0.2, -0.15) is 0 Å². The van der Waals surface area contributed by atoms with Gasteiger partial charge >= 0.3 is 0 Å². The predicted octanol–water partition coefficient (Wildman–Crippen LogP) is 4.54. The molecule has 2 aliphatic rings. The molecule has 0 bridgehead atoms. The number of aryl methyl sites for hydroxylation is 1. The van der Waals surface area contributed by atoms with E-state index < -0.39 is 0 Å². The minimum atomic E-state index is -0.262. The molecule has 2 aromatic heterocycles. The lowest BCUT2D eigenvalue weighted by Crippen LogP contribution is -2.27. The van der Waals surface area contributed by atoms with E-state index in [1.165, 1.54) is 0 Å². The SMILES string of the molecule is CC(=O)C[C@H]1CC[C@H](C2CC(c3cc(C(=O)NCc4ccnc5ccccc45)nc(C)n3)=NO2)CC1. The standard InChI is InChI=1S/C28H31N5O3/c1-17(34)13-19-7-9-20(10-8-19)27-15-25(33-36-27)24-14-26(32-18(2)31-24)28(35)30-16-21-11-12-29-23-6-4-3-5-22(21)23/h3-6,11-12,14,19-20,27H,7-10,13,15-16H2,1-2H3,(H,30,35)/t19-,20-,27?. The van der Waals surface area contributed by atoms with E-state index in [0.717, 1.165) is 47.9 Å². The summed E-state index contributed by atoms with van der Waals surface area (Å²) in [6.45, 7) is 3.82. The van der Waals surface area contributed by atoms with Crippen LogP contribution in [0.2, 0.25) is 0 Å². The van der Waals surface area contributed by atoms with Crippen molar-refractivity contribution in [1.29, 1.82) is 0 Å². The first kappa shape index (κ1) is 24.0. The second-order valence-electron chi connectivity index (χ2n) is 9.93. The molecule has 1 amide bonds. The van der Waals surface area contributed by atoms with Gasteiger partial charge in [0.15, 0.2) is 0 Å². The van der Waals surface area contributed by atoms with E-state index in [1.807, 2.05) is 30.3 Å². The number of hydrogen-bond donors (Lipinski definition) is 1. The molecular formula is C28H31N5O3. The summed E-state index contributed by atoms with van der Waals surface area (Å²) in [5.74, 6) is 1.45. The monoisotopic (exact) mass is 485 g/mol. The van der Waals surface area contributed by atoms with Gasteiger partial charge in [0.1, 0.15) is 29.1 Å². The van der Waals surface area contributed by atoms with Crippen LogP contribution in [0.15, 0.2) is 47.8 Å². The summed E-state index contributed by atoms with van der Waals surface area (Å²) in [6.07, 6.45) is 7.33. The number of oxime groups is 1. The molecule has 186 valence electrons. The largest absolute Gasteiger partial charge is 0.391 e. The van der Waals surface area contributed by atoms with E-state index >= 15 is 0 Å². The Labute approximate surface area is 210 Å². The summed E-state index contributed by atoms with van der Waals surface area (Å²) in [5, 5.41) is 8.32. The van der Waals surface area contributed by atoms with Crippen LogP contribution in [0.1, 0.15) is 73.0 Å². The number of rotatable bonds is 7. The lowest BCUT2D eigenvalue weighted by Gasteiger charge is -2.30. The van der Waals surface area contributed by atoms with Crippen LogP contribution in [0, 0.1) is 18.8 Å². The van der Waals surface area contributed by atoms with E-state index in [4.69, 9.17) is 4.84 Å². The number of amides is 1. The highest BCUT2D eigenvalue weighted by molar-refractivity contribution is 6.02. The van der Waals surface area contributed by atoms with Gasteiger partial charge < -0.3 is 14.9 Å². The number of carbonyl (C=O) groups is 2. The molecule has 0 spiro atoms. The van der Waals surface area contributed by atoms with Gasteiger partial charge in [-0.25, -0.2) is 9.97 Å². The minimum absolute atomic E-state index is 0.0193. The molecule has 1 fully saturated rings. The fourth-order valence-corrected chi connectivity index (χ4v) is 5.38. The number of Topliss-reactive ketones (excluding diaryl/α,β-unsaturated/α-hetero) is 1. The fourth-order valence-electron chi connectivity index (χ4n) is 5.38. The second-order valence-corrected chi connectivity index (χ2v) is 9.93. The number of ketones is 1. The lowest BCUT2D eigenvalue weighted by molar-refractivity contribution is -0.118. The normalized spacial score (nSPS) is 21.6. The zero-order valence-electron chi connectivity index (χ0n) is 20.7. The molecule has 1 aliphatic heterocycles. The molecule has 36 heavy (non-hydrogen) atoms. The summed E-state index contributed by atoms with van der Waals surface area (Å²) >= 11 is 0. The topological polar surface area (TPSA) is 106 Å². The van der Waals surface area contributed by atoms with Gasteiger partial charge in [0.2, 0.25) is 0 Å². The molecule has 5 rings (SSSR count). The third-order valence-electron chi connectivity index (χ3n) is 7.23. The van der Waals surface area contributed by atoms with E-state index in [9.17, 15) is 9.59 Å². The van der Waals surface area contributed by atoms with Crippen LogP contribution in [0.5, 0.6) is 0 Å². The highest BCUT2D eigenvalue weighted by atomic mass is 16.6. The van der Waals surface area contributed by atoms with Crippen LogP contribution >= 0.6 is 0 Å². The van der Waals surface area contributed by atoms with Crippen molar-refractivity contribution in [2.24, 2.45) is 17.0 Å². The number of aromatic nitrogens is 3. The van der Waals surface area contributed by atoms with E-state index in [0.29, 0.717) is 48.4 Å². The Bertz CT molecular complexity index is 1310. The average Bonchev–Trinajstić information content (AvgIpc) is 3.37. The van der Waals surface area contributed by atoms with E-state index in [-0.39, 0.29) is 17.8 Å². The van der Waals surface area contributed by atoms with Crippen LogP contribution in [-0.2, 0) is 16.2 Å². The number of para-hydroxylation sites is 1. The van der Waals surface area contributed by atoms with Crippen LogP contribution in [0.25, 0.3) is 10.9 Å². The number of nitrogens with one attached hydrogen (secondary N) is 1.